The second-order valence-electron chi connectivity index (χ2n) is 9.94. The Balaban J connectivity index is 1.67. The molecule has 0 radical (unpaired) electrons. The Kier molecular flexibility index (Phi) is 2.66. The maximum Gasteiger partial charge on any atom is 0.311 e. The van der Waals surface area contributed by atoms with Gasteiger partial charge in [0, 0.05) is 17.5 Å². The van der Waals surface area contributed by atoms with Crippen molar-refractivity contribution in [3.05, 3.63) is 29.8 Å². The van der Waals surface area contributed by atoms with Crippen LogP contribution in [0.1, 0.15) is 44.1 Å². The van der Waals surface area contributed by atoms with Crippen molar-refractivity contribution in [2.24, 2.45) is 11.3 Å². The van der Waals surface area contributed by atoms with Crippen LogP contribution in [0.3, 0.4) is 0 Å². The molecule has 2 bridgehead atoms. The molecular weight excluding hydrogens is 324 g/mol. The van der Waals surface area contributed by atoms with Gasteiger partial charge in [0.25, 0.3) is 0 Å². The zero-order chi connectivity index (χ0) is 17.8. The summed E-state index contributed by atoms with van der Waals surface area (Å²) in [6, 6.07) is 9.56. The van der Waals surface area contributed by atoms with Crippen LogP contribution in [0.25, 0.3) is 0 Å². The molecule has 7 rings (SSSR count). The lowest BCUT2D eigenvalue weighted by Gasteiger charge is -2.68. The second-order valence-corrected chi connectivity index (χ2v) is 9.94. The molecule has 6 atom stereocenters. The number of carbonyl (C=O) groups is 1. The molecule has 1 aromatic carbocycles. The van der Waals surface area contributed by atoms with E-state index in [0.717, 1.165) is 12.8 Å². The third kappa shape index (κ3) is 1.38. The van der Waals surface area contributed by atoms with E-state index in [1.165, 1.54) is 54.5 Å². The van der Waals surface area contributed by atoms with Crippen LogP contribution in [-0.2, 0) is 14.9 Å². The highest BCUT2D eigenvalue weighted by atomic mass is 16.5. The number of fused-ring (bicyclic) bond motifs is 3. The van der Waals surface area contributed by atoms with Gasteiger partial charge in [-0.15, -0.1) is 0 Å². The van der Waals surface area contributed by atoms with Crippen LogP contribution in [-0.4, -0.2) is 49.3 Å². The van der Waals surface area contributed by atoms with Crippen molar-refractivity contribution in [2.45, 2.75) is 55.5 Å². The second kappa shape index (κ2) is 4.46. The Labute approximate surface area is 155 Å². The van der Waals surface area contributed by atoms with E-state index in [1.807, 2.05) is 0 Å². The number of hydrogen-bond acceptors (Lipinski definition) is 3. The summed E-state index contributed by atoms with van der Waals surface area (Å²) in [5.41, 5.74) is 3.02. The molecule has 6 aliphatic rings. The zero-order valence-electron chi connectivity index (χ0n) is 15.9. The summed E-state index contributed by atoms with van der Waals surface area (Å²) < 4.78 is 6.58. The van der Waals surface area contributed by atoms with Gasteiger partial charge in [-0.1, -0.05) is 18.2 Å². The Bertz CT molecular complexity index is 824. The molecule has 138 valence electrons. The summed E-state index contributed by atoms with van der Waals surface area (Å²) in [6.07, 6.45) is 7.19. The van der Waals surface area contributed by atoms with Crippen LogP contribution in [0.2, 0.25) is 0 Å². The molecule has 4 heteroatoms. The van der Waals surface area contributed by atoms with Crippen LogP contribution in [0.5, 0.6) is 0 Å². The fraction of sp³-hybridized carbons (Fsp3) is 0.682. The van der Waals surface area contributed by atoms with E-state index in [1.54, 1.807) is 7.11 Å². The first-order valence-electron chi connectivity index (χ1n) is 10.3. The number of para-hydroxylation sites is 1. The van der Waals surface area contributed by atoms with E-state index < -0.39 is 0 Å². The molecular formula is C22H29N2O2+. The average Bonchev–Trinajstić information content (AvgIpc) is 3.15. The van der Waals surface area contributed by atoms with Gasteiger partial charge in [-0.3, -0.25) is 4.79 Å². The first kappa shape index (κ1) is 15.5. The Morgan fingerprint density at radius 2 is 2.04 bits per heavy atom. The molecule has 1 aromatic rings. The summed E-state index contributed by atoms with van der Waals surface area (Å²) in [5.74, 6) is -0.0107. The highest BCUT2D eigenvalue weighted by Gasteiger charge is 2.83. The highest BCUT2D eigenvalue weighted by molar-refractivity contribution is 5.80. The van der Waals surface area contributed by atoms with E-state index in [4.69, 9.17) is 4.74 Å². The molecule has 0 unspecified atom stereocenters. The largest absolute Gasteiger partial charge is 0.469 e. The van der Waals surface area contributed by atoms with Crippen LogP contribution in [0, 0.1) is 11.3 Å². The Morgan fingerprint density at radius 1 is 1.19 bits per heavy atom. The number of methoxy groups -OCH3 is 1. The number of hydrogen-bond donors (Lipinski definition) is 1. The number of ether oxygens (including phenoxy) is 1. The summed E-state index contributed by atoms with van der Waals surface area (Å²) in [7, 11) is 4.07. The van der Waals surface area contributed by atoms with Gasteiger partial charge in [0.2, 0.25) is 0 Å². The maximum atomic E-state index is 13.0. The van der Waals surface area contributed by atoms with Gasteiger partial charge in [-0.25, -0.2) is 0 Å². The third-order valence-electron chi connectivity index (χ3n) is 9.30. The molecule has 1 N–H and O–H groups in total. The van der Waals surface area contributed by atoms with Gasteiger partial charge < -0.3 is 14.5 Å². The van der Waals surface area contributed by atoms with Crippen molar-refractivity contribution in [3.8, 4) is 0 Å². The molecule has 0 aromatic heterocycles. The Hall–Kier alpha value is -1.55. The van der Waals surface area contributed by atoms with Crippen molar-refractivity contribution in [3.63, 3.8) is 0 Å². The van der Waals surface area contributed by atoms with Gasteiger partial charge in [-0.2, -0.15) is 0 Å². The molecule has 3 aliphatic carbocycles. The van der Waals surface area contributed by atoms with Crippen molar-refractivity contribution in [2.75, 3.05) is 32.6 Å². The van der Waals surface area contributed by atoms with E-state index in [0.29, 0.717) is 11.5 Å². The minimum absolute atomic E-state index is 0.00822. The number of quaternary nitrogens is 1. The number of nitrogens with one attached hydrogen (secondary N) is 1. The van der Waals surface area contributed by atoms with Gasteiger partial charge in [0.05, 0.1) is 44.1 Å². The summed E-state index contributed by atoms with van der Waals surface area (Å²) >= 11 is 0. The minimum atomic E-state index is -0.149. The van der Waals surface area contributed by atoms with Gasteiger partial charge in [-0.05, 0) is 43.7 Å². The van der Waals surface area contributed by atoms with Crippen molar-refractivity contribution >= 4 is 11.7 Å². The maximum absolute atomic E-state index is 13.0. The average molecular weight is 353 g/mol. The quantitative estimate of drug-likeness (QED) is 0.623. The molecule has 5 fully saturated rings. The van der Waals surface area contributed by atoms with E-state index in [2.05, 4.69) is 36.6 Å². The molecule has 3 aliphatic heterocycles. The predicted molar refractivity (Wildman–Crippen MR) is 99.8 cm³/mol. The lowest BCUT2D eigenvalue weighted by molar-refractivity contribution is -0.939. The number of esters is 1. The molecule has 2 saturated heterocycles. The first-order chi connectivity index (χ1) is 12.5. The number of carbonyl (C=O) groups excluding carboxylic acids is 1. The van der Waals surface area contributed by atoms with Crippen LogP contribution in [0.4, 0.5) is 5.69 Å². The number of likely N-dealkylation sites (N-methyl/N-ethyl adjacent to an activating group) is 1. The molecule has 4 nitrogen and oxygen atoms in total. The number of piperidine rings is 1. The lowest BCUT2D eigenvalue weighted by atomic mass is 9.38. The fourth-order valence-electron chi connectivity index (χ4n) is 8.79. The number of anilines is 1. The molecule has 0 amide bonds. The van der Waals surface area contributed by atoms with Gasteiger partial charge in [0.15, 0.2) is 0 Å². The fourth-order valence-corrected chi connectivity index (χ4v) is 8.79. The molecule has 3 saturated carbocycles. The van der Waals surface area contributed by atoms with Gasteiger partial charge in [0.1, 0.15) is 6.04 Å². The minimum Gasteiger partial charge on any atom is -0.469 e. The van der Waals surface area contributed by atoms with Crippen LogP contribution < -0.4 is 5.32 Å². The van der Waals surface area contributed by atoms with Crippen LogP contribution in [0.15, 0.2) is 24.3 Å². The van der Waals surface area contributed by atoms with E-state index in [-0.39, 0.29) is 22.8 Å². The van der Waals surface area contributed by atoms with Crippen molar-refractivity contribution < 1.29 is 14.0 Å². The lowest BCUT2D eigenvalue weighted by Crippen LogP contribution is -2.79. The third-order valence-corrected chi connectivity index (χ3v) is 9.30. The molecule has 3 spiro atoms. The summed E-state index contributed by atoms with van der Waals surface area (Å²) in [6.45, 7) is 2.55. The normalized spacial score (nSPS) is 49.8. The van der Waals surface area contributed by atoms with Crippen molar-refractivity contribution in [1.82, 2.24) is 0 Å². The molecule has 3 heterocycles. The van der Waals surface area contributed by atoms with Gasteiger partial charge >= 0.3 is 5.97 Å². The van der Waals surface area contributed by atoms with E-state index >= 15 is 0 Å². The number of benzene rings is 1. The molecule has 26 heavy (non-hydrogen) atoms. The van der Waals surface area contributed by atoms with E-state index in [9.17, 15) is 4.79 Å². The topological polar surface area (TPSA) is 38.3 Å². The number of nitrogens with zero attached hydrogens (tertiary/aromatic N) is 1. The smallest absolute Gasteiger partial charge is 0.311 e. The first-order valence-corrected chi connectivity index (χ1v) is 10.3. The predicted octanol–water partition coefficient (Wildman–Crippen LogP) is 3.07. The zero-order valence-corrected chi connectivity index (χ0v) is 15.9. The Morgan fingerprint density at radius 3 is 2.88 bits per heavy atom. The van der Waals surface area contributed by atoms with Crippen molar-refractivity contribution in [1.29, 1.82) is 0 Å². The summed E-state index contributed by atoms with van der Waals surface area (Å²) in [5, 5.41) is 3.96. The summed E-state index contributed by atoms with van der Waals surface area (Å²) in [4.78, 5) is 13.0. The highest BCUT2D eigenvalue weighted by Crippen LogP contribution is 2.75. The standard InChI is InChI=1S/C22H29N2O2/c1-24-12-5-8-20-9-10-22(16(14-20)18(25)26-2)21(11-13-24,19(20)24)15-6-3-4-7-17(15)23-22/h3-4,6-7,16,19,23H,5,8-14H2,1-2H3/q+1/t16-,19+,20-,21-,22+,24+/m1/s1. The SMILES string of the molecule is COC(=O)[C@H]1C[C@@]23CCC[N@@+]4(C)CC[C@@]5(c6ccccc6N[C@@]15CC2)[C@H]34. The van der Waals surface area contributed by atoms with Crippen LogP contribution >= 0.6 is 0 Å². The monoisotopic (exact) mass is 353 g/mol. The number of rotatable bonds is 1.